The van der Waals surface area contributed by atoms with Crippen LogP contribution < -0.4 is 0 Å². The summed E-state index contributed by atoms with van der Waals surface area (Å²) >= 11 is 11.9. The van der Waals surface area contributed by atoms with Gasteiger partial charge in [-0.2, -0.15) is 4.31 Å². The van der Waals surface area contributed by atoms with Gasteiger partial charge in [-0.25, -0.2) is 8.42 Å². The van der Waals surface area contributed by atoms with Gasteiger partial charge in [-0.3, -0.25) is 4.79 Å². The van der Waals surface area contributed by atoms with Crippen LogP contribution in [-0.2, 0) is 27.7 Å². The van der Waals surface area contributed by atoms with Crippen LogP contribution in [0.1, 0.15) is 29.5 Å². The zero-order chi connectivity index (χ0) is 25.3. The van der Waals surface area contributed by atoms with Gasteiger partial charge in [0.2, 0.25) is 10.0 Å². The molecule has 0 bridgehead atoms. The van der Waals surface area contributed by atoms with Crippen molar-refractivity contribution in [1.82, 2.24) is 4.31 Å². The fourth-order valence-corrected chi connectivity index (χ4v) is 5.16. The molecule has 0 aliphatic rings. The summed E-state index contributed by atoms with van der Waals surface area (Å²) in [6.45, 7) is 0.509. The quantitative estimate of drug-likeness (QED) is 0.295. The lowest BCUT2D eigenvalue weighted by molar-refractivity contribution is -0.137. The average Bonchev–Trinajstić information content (AvgIpc) is 2.83. The minimum Gasteiger partial charge on any atom is -0.481 e. The molecule has 3 aromatic rings. The van der Waals surface area contributed by atoms with Crippen LogP contribution in [0.5, 0.6) is 0 Å². The van der Waals surface area contributed by atoms with Gasteiger partial charge in [-0.05, 0) is 72.4 Å². The predicted octanol–water partition coefficient (Wildman–Crippen LogP) is 6.35. The van der Waals surface area contributed by atoms with E-state index in [9.17, 15) is 13.2 Å². The second kappa shape index (κ2) is 12.9. The molecule has 8 heteroatoms. The monoisotopic (exact) mass is 531 g/mol. The second-order valence-electron chi connectivity index (χ2n) is 8.08. The number of benzene rings is 3. The Balaban J connectivity index is 1.71. The maximum absolute atomic E-state index is 13.4. The van der Waals surface area contributed by atoms with Gasteiger partial charge in [0, 0.05) is 29.6 Å². The first kappa shape index (κ1) is 27.0. The molecule has 5 nitrogen and oxygen atoms in total. The molecule has 0 amide bonds. The normalized spacial score (nSPS) is 11.9. The van der Waals surface area contributed by atoms with Crippen molar-refractivity contribution in [3.63, 3.8) is 0 Å². The van der Waals surface area contributed by atoms with Crippen LogP contribution in [0.4, 0.5) is 0 Å². The number of nitrogens with zero attached hydrogens (tertiary/aromatic N) is 1. The minimum absolute atomic E-state index is 0.142. The number of carbonyl (C=O) groups is 1. The molecular formula is C27H27Cl2NO4S. The van der Waals surface area contributed by atoms with E-state index in [1.54, 1.807) is 24.3 Å². The summed E-state index contributed by atoms with van der Waals surface area (Å²) in [5.41, 5.74) is 2.99. The van der Waals surface area contributed by atoms with Gasteiger partial charge in [0.25, 0.3) is 0 Å². The van der Waals surface area contributed by atoms with E-state index in [2.05, 4.69) is 0 Å². The molecule has 0 saturated heterocycles. The molecule has 3 aromatic carbocycles. The smallest absolute Gasteiger partial charge is 0.303 e. The topological polar surface area (TPSA) is 74.7 Å². The molecule has 0 spiro atoms. The van der Waals surface area contributed by atoms with Crippen LogP contribution in [-0.4, -0.2) is 36.9 Å². The Morgan fingerprint density at radius 2 is 1.37 bits per heavy atom. The first-order valence-corrected chi connectivity index (χ1v) is 13.4. The first-order valence-electron chi connectivity index (χ1n) is 11.2. The molecule has 0 saturated carbocycles. The van der Waals surface area contributed by atoms with Crippen LogP contribution in [0.15, 0.2) is 83.8 Å². The third-order valence-corrected chi connectivity index (χ3v) is 7.85. The summed E-state index contributed by atoms with van der Waals surface area (Å²) in [5, 5.41) is 9.90. The van der Waals surface area contributed by atoms with Crippen molar-refractivity contribution in [3.05, 3.63) is 106 Å². The molecule has 0 radical (unpaired) electrons. The molecule has 0 aromatic heterocycles. The summed E-state index contributed by atoms with van der Waals surface area (Å²) in [6, 6.07) is 21.3. The van der Waals surface area contributed by atoms with Crippen molar-refractivity contribution in [3.8, 4) is 0 Å². The van der Waals surface area contributed by atoms with Crippen LogP contribution in [0, 0.1) is 0 Å². The van der Waals surface area contributed by atoms with Gasteiger partial charge in [-0.1, -0.05) is 71.8 Å². The van der Waals surface area contributed by atoms with E-state index >= 15 is 0 Å². The SMILES string of the molecule is O=C(O)CCCc1ccc(CCN(C/C=C/c2ccc(Cl)cc2)S(=O)(=O)c2ccc(Cl)cc2)cc1. The van der Waals surface area contributed by atoms with E-state index in [0.29, 0.717) is 35.9 Å². The average molecular weight is 532 g/mol. The Morgan fingerprint density at radius 3 is 1.94 bits per heavy atom. The minimum atomic E-state index is -3.73. The van der Waals surface area contributed by atoms with Gasteiger partial charge in [0.05, 0.1) is 4.90 Å². The van der Waals surface area contributed by atoms with Crippen molar-refractivity contribution in [2.45, 2.75) is 30.6 Å². The van der Waals surface area contributed by atoms with Crippen LogP contribution in [0.25, 0.3) is 6.08 Å². The number of carboxylic acids is 1. The highest BCUT2D eigenvalue weighted by atomic mass is 35.5. The molecule has 0 aliphatic carbocycles. The fourth-order valence-electron chi connectivity index (χ4n) is 3.52. The Labute approximate surface area is 216 Å². The highest BCUT2D eigenvalue weighted by Crippen LogP contribution is 2.20. The van der Waals surface area contributed by atoms with Crippen molar-refractivity contribution in [1.29, 1.82) is 0 Å². The summed E-state index contributed by atoms with van der Waals surface area (Å²) in [5.74, 6) is -0.797. The third kappa shape index (κ3) is 8.51. The van der Waals surface area contributed by atoms with Crippen molar-refractivity contribution in [2.24, 2.45) is 0 Å². The molecular weight excluding hydrogens is 505 g/mol. The van der Waals surface area contributed by atoms with Crippen LogP contribution >= 0.6 is 23.2 Å². The Kier molecular flexibility index (Phi) is 9.93. The van der Waals surface area contributed by atoms with Gasteiger partial charge >= 0.3 is 5.97 Å². The molecule has 3 rings (SSSR count). The summed E-state index contributed by atoms with van der Waals surface area (Å²) < 4.78 is 28.2. The standard InChI is InChI=1S/C27H27Cl2NO4S/c28-24-12-10-22(11-13-24)4-2-19-30(35(33,34)26-16-14-25(29)15-17-26)20-18-23-8-6-21(7-9-23)3-1-5-27(31)32/h2,4,6-17H,1,3,5,18-20H2,(H,31,32)/b4-2+. The Bertz CT molecular complexity index is 1240. The van der Waals surface area contributed by atoms with Crippen molar-refractivity contribution < 1.29 is 18.3 Å². The maximum atomic E-state index is 13.4. The number of sulfonamides is 1. The van der Waals surface area contributed by atoms with E-state index in [4.69, 9.17) is 28.3 Å². The largest absolute Gasteiger partial charge is 0.481 e. The summed E-state index contributed by atoms with van der Waals surface area (Å²) in [7, 11) is -3.73. The molecule has 0 heterocycles. The Morgan fingerprint density at radius 1 is 0.829 bits per heavy atom. The van der Waals surface area contributed by atoms with Crippen LogP contribution in [0.2, 0.25) is 10.0 Å². The number of hydrogen-bond donors (Lipinski definition) is 1. The van der Waals surface area contributed by atoms with Gasteiger partial charge < -0.3 is 5.11 Å². The first-order chi connectivity index (χ1) is 16.7. The van der Waals surface area contributed by atoms with Crippen molar-refractivity contribution >= 4 is 45.3 Å². The molecule has 35 heavy (non-hydrogen) atoms. The lowest BCUT2D eigenvalue weighted by atomic mass is 10.0. The van der Waals surface area contributed by atoms with E-state index in [1.165, 1.54) is 16.4 Å². The van der Waals surface area contributed by atoms with E-state index in [1.807, 2.05) is 48.6 Å². The van der Waals surface area contributed by atoms with Gasteiger partial charge in [0.15, 0.2) is 0 Å². The number of rotatable bonds is 12. The molecule has 0 aliphatic heterocycles. The molecule has 0 fully saturated rings. The van der Waals surface area contributed by atoms with Gasteiger partial charge in [-0.15, -0.1) is 0 Å². The number of carboxylic acid groups (broad SMARTS) is 1. The lowest BCUT2D eigenvalue weighted by Gasteiger charge is -2.21. The molecule has 0 unspecified atom stereocenters. The molecule has 0 atom stereocenters. The van der Waals surface area contributed by atoms with E-state index in [-0.39, 0.29) is 17.9 Å². The molecule has 1 N–H and O–H groups in total. The summed E-state index contributed by atoms with van der Waals surface area (Å²) in [6.07, 6.45) is 5.65. The summed E-state index contributed by atoms with van der Waals surface area (Å²) in [4.78, 5) is 10.9. The number of aliphatic carboxylic acids is 1. The number of hydrogen-bond acceptors (Lipinski definition) is 3. The number of aryl methyl sites for hydroxylation is 1. The zero-order valence-corrected chi connectivity index (χ0v) is 21.4. The van der Waals surface area contributed by atoms with E-state index < -0.39 is 16.0 Å². The zero-order valence-electron chi connectivity index (χ0n) is 19.1. The highest BCUT2D eigenvalue weighted by molar-refractivity contribution is 7.89. The second-order valence-corrected chi connectivity index (χ2v) is 10.9. The van der Waals surface area contributed by atoms with Crippen molar-refractivity contribution in [2.75, 3.05) is 13.1 Å². The third-order valence-electron chi connectivity index (χ3n) is 5.47. The predicted molar refractivity (Wildman–Crippen MR) is 141 cm³/mol. The van der Waals surface area contributed by atoms with Gasteiger partial charge in [0.1, 0.15) is 0 Å². The Hall–Kier alpha value is -2.64. The fraction of sp³-hybridized carbons (Fsp3) is 0.222. The van der Waals surface area contributed by atoms with Crippen LogP contribution in [0.3, 0.4) is 0 Å². The maximum Gasteiger partial charge on any atom is 0.303 e. The molecule has 184 valence electrons. The van der Waals surface area contributed by atoms with E-state index in [0.717, 1.165) is 16.7 Å². The highest BCUT2D eigenvalue weighted by Gasteiger charge is 2.23. The lowest BCUT2D eigenvalue weighted by Crippen LogP contribution is -2.33. The number of halogens is 2.